The Morgan fingerprint density at radius 1 is 1.28 bits per heavy atom. The van der Waals surface area contributed by atoms with Crippen LogP contribution in [0.25, 0.3) is 5.82 Å². The SMILES string of the molecule is CCC1c2cccn2CCN1C(=O)c1nnn(-c2ccn(C)n2)c1C. The number of hydrogen-bond acceptors (Lipinski definition) is 4. The van der Waals surface area contributed by atoms with Crippen LogP contribution in [0.15, 0.2) is 30.6 Å². The highest BCUT2D eigenvalue weighted by Gasteiger charge is 2.32. The van der Waals surface area contributed by atoms with Crippen LogP contribution in [0.2, 0.25) is 0 Å². The fraction of sp³-hybridized carbons (Fsp3) is 0.412. The molecular formula is C17H21N7O. The van der Waals surface area contributed by atoms with E-state index >= 15 is 0 Å². The molecule has 0 aliphatic carbocycles. The first-order chi connectivity index (χ1) is 12.1. The Labute approximate surface area is 145 Å². The van der Waals surface area contributed by atoms with Gasteiger partial charge < -0.3 is 9.47 Å². The van der Waals surface area contributed by atoms with E-state index in [1.807, 2.05) is 37.2 Å². The Bertz CT molecular complexity index is 919. The Morgan fingerprint density at radius 3 is 2.84 bits per heavy atom. The Kier molecular flexibility index (Phi) is 3.67. The van der Waals surface area contributed by atoms with Crippen LogP contribution in [0.5, 0.6) is 0 Å². The zero-order valence-electron chi connectivity index (χ0n) is 14.6. The van der Waals surface area contributed by atoms with Crippen LogP contribution in [0.1, 0.15) is 41.3 Å². The summed E-state index contributed by atoms with van der Waals surface area (Å²) in [5, 5.41) is 12.6. The minimum absolute atomic E-state index is 0.0654. The molecule has 0 spiro atoms. The van der Waals surface area contributed by atoms with Gasteiger partial charge in [-0.15, -0.1) is 5.10 Å². The number of rotatable bonds is 3. The average Bonchev–Trinajstić information content (AvgIpc) is 3.32. The fourth-order valence-electron chi connectivity index (χ4n) is 3.53. The van der Waals surface area contributed by atoms with Crippen LogP contribution in [-0.4, -0.2) is 46.7 Å². The van der Waals surface area contributed by atoms with Gasteiger partial charge in [-0.25, -0.2) is 0 Å². The molecule has 25 heavy (non-hydrogen) atoms. The zero-order valence-corrected chi connectivity index (χ0v) is 14.6. The van der Waals surface area contributed by atoms with Crippen LogP contribution in [0.4, 0.5) is 0 Å². The molecule has 0 N–H and O–H groups in total. The van der Waals surface area contributed by atoms with Crippen LogP contribution in [0.3, 0.4) is 0 Å². The summed E-state index contributed by atoms with van der Waals surface area (Å²) in [5.74, 6) is 0.588. The second-order valence-corrected chi connectivity index (χ2v) is 6.33. The van der Waals surface area contributed by atoms with Gasteiger partial charge in [-0.3, -0.25) is 9.48 Å². The van der Waals surface area contributed by atoms with E-state index in [-0.39, 0.29) is 11.9 Å². The molecule has 4 heterocycles. The molecule has 0 radical (unpaired) electrons. The Hall–Kier alpha value is -2.90. The summed E-state index contributed by atoms with van der Waals surface area (Å²) < 4.78 is 5.53. The van der Waals surface area contributed by atoms with Gasteiger partial charge in [-0.05, 0) is 25.5 Å². The van der Waals surface area contributed by atoms with Crippen LogP contribution in [0, 0.1) is 6.92 Å². The molecule has 1 atom stereocenters. The summed E-state index contributed by atoms with van der Waals surface area (Å²) in [7, 11) is 1.84. The van der Waals surface area contributed by atoms with E-state index in [0.717, 1.165) is 13.0 Å². The van der Waals surface area contributed by atoms with Gasteiger partial charge in [0, 0.05) is 44.3 Å². The van der Waals surface area contributed by atoms with Crippen molar-refractivity contribution in [2.45, 2.75) is 32.9 Å². The third kappa shape index (κ3) is 2.45. The number of hydrogen-bond donors (Lipinski definition) is 0. The maximum Gasteiger partial charge on any atom is 0.276 e. The highest BCUT2D eigenvalue weighted by molar-refractivity contribution is 5.93. The molecule has 0 aromatic carbocycles. The van der Waals surface area contributed by atoms with E-state index in [4.69, 9.17) is 0 Å². The maximum atomic E-state index is 13.1. The lowest BCUT2D eigenvalue weighted by molar-refractivity contribution is 0.0611. The highest BCUT2D eigenvalue weighted by Crippen LogP contribution is 2.30. The summed E-state index contributed by atoms with van der Waals surface area (Å²) >= 11 is 0. The van der Waals surface area contributed by atoms with Gasteiger partial charge in [0.05, 0.1) is 11.7 Å². The largest absolute Gasteiger partial charge is 0.348 e. The molecule has 1 unspecified atom stereocenters. The van der Waals surface area contributed by atoms with E-state index < -0.39 is 0 Å². The van der Waals surface area contributed by atoms with Crippen molar-refractivity contribution >= 4 is 5.91 Å². The zero-order chi connectivity index (χ0) is 17.6. The minimum Gasteiger partial charge on any atom is -0.348 e. The number of carbonyl (C=O) groups is 1. The van der Waals surface area contributed by atoms with Gasteiger partial charge in [0.25, 0.3) is 5.91 Å². The number of nitrogens with zero attached hydrogens (tertiary/aromatic N) is 7. The van der Waals surface area contributed by atoms with Crippen molar-refractivity contribution in [2.24, 2.45) is 7.05 Å². The van der Waals surface area contributed by atoms with Gasteiger partial charge in [0.2, 0.25) is 0 Å². The summed E-state index contributed by atoms with van der Waals surface area (Å²) in [4.78, 5) is 15.1. The lowest BCUT2D eigenvalue weighted by Crippen LogP contribution is -2.42. The van der Waals surface area contributed by atoms with Gasteiger partial charge >= 0.3 is 0 Å². The fourth-order valence-corrected chi connectivity index (χ4v) is 3.53. The molecule has 0 fully saturated rings. The quantitative estimate of drug-likeness (QED) is 0.728. The van der Waals surface area contributed by atoms with Crippen molar-refractivity contribution < 1.29 is 4.79 Å². The standard InChI is InChI=1S/C17H21N7O/c1-4-13-14-6-5-8-22(14)10-11-23(13)17(25)16-12(2)24(20-18-16)15-7-9-21(3)19-15/h5-9,13H,4,10-11H2,1-3H3. The van der Waals surface area contributed by atoms with Crippen LogP contribution in [-0.2, 0) is 13.6 Å². The number of amides is 1. The van der Waals surface area contributed by atoms with Gasteiger partial charge in [0.1, 0.15) is 0 Å². The molecule has 3 aromatic heterocycles. The Balaban J connectivity index is 1.67. The molecule has 0 bridgehead atoms. The number of fused-ring (bicyclic) bond motifs is 1. The minimum atomic E-state index is -0.0704. The third-order valence-electron chi connectivity index (χ3n) is 4.83. The van der Waals surface area contributed by atoms with Crippen molar-refractivity contribution in [2.75, 3.05) is 6.54 Å². The molecule has 1 aliphatic heterocycles. The number of aryl methyl sites for hydroxylation is 1. The second-order valence-electron chi connectivity index (χ2n) is 6.33. The van der Waals surface area contributed by atoms with E-state index in [2.05, 4.69) is 39.2 Å². The van der Waals surface area contributed by atoms with Crippen molar-refractivity contribution in [3.05, 3.63) is 47.7 Å². The molecule has 0 saturated carbocycles. The molecule has 130 valence electrons. The normalized spacial score (nSPS) is 16.9. The van der Waals surface area contributed by atoms with Crippen molar-refractivity contribution in [3.63, 3.8) is 0 Å². The molecule has 8 nitrogen and oxygen atoms in total. The smallest absolute Gasteiger partial charge is 0.276 e. The van der Waals surface area contributed by atoms with Gasteiger partial charge in [-0.1, -0.05) is 12.1 Å². The molecule has 1 aliphatic rings. The average molecular weight is 339 g/mol. The highest BCUT2D eigenvalue weighted by atomic mass is 16.2. The predicted octanol–water partition coefficient (Wildman–Crippen LogP) is 1.72. The lowest BCUT2D eigenvalue weighted by Gasteiger charge is -2.36. The molecule has 1 amide bonds. The lowest BCUT2D eigenvalue weighted by atomic mass is 10.1. The summed E-state index contributed by atoms with van der Waals surface area (Å²) in [6, 6.07) is 6.04. The molecule has 8 heteroatoms. The predicted molar refractivity (Wildman–Crippen MR) is 91.4 cm³/mol. The van der Waals surface area contributed by atoms with E-state index in [1.54, 1.807) is 9.36 Å². The second kappa shape index (κ2) is 5.87. The summed E-state index contributed by atoms with van der Waals surface area (Å²) in [6.07, 6.45) is 4.77. The van der Waals surface area contributed by atoms with Crippen molar-refractivity contribution in [1.82, 2.24) is 34.2 Å². The first-order valence-corrected chi connectivity index (χ1v) is 8.48. The first-order valence-electron chi connectivity index (χ1n) is 8.48. The maximum absolute atomic E-state index is 13.1. The molecule has 3 aromatic rings. The summed E-state index contributed by atoms with van der Waals surface area (Å²) in [5.41, 5.74) is 2.28. The van der Waals surface area contributed by atoms with E-state index in [9.17, 15) is 4.79 Å². The topological polar surface area (TPSA) is 73.8 Å². The first kappa shape index (κ1) is 15.6. The Morgan fingerprint density at radius 2 is 2.12 bits per heavy atom. The van der Waals surface area contributed by atoms with Gasteiger partial charge in [-0.2, -0.15) is 9.78 Å². The van der Waals surface area contributed by atoms with Crippen molar-refractivity contribution in [1.29, 1.82) is 0 Å². The third-order valence-corrected chi connectivity index (χ3v) is 4.83. The van der Waals surface area contributed by atoms with Crippen LogP contribution >= 0.6 is 0 Å². The molecule has 0 saturated heterocycles. The molecular weight excluding hydrogens is 318 g/mol. The van der Waals surface area contributed by atoms with E-state index in [0.29, 0.717) is 23.8 Å². The van der Waals surface area contributed by atoms with Crippen LogP contribution < -0.4 is 0 Å². The number of aromatic nitrogens is 6. The van der Waals surface area contributed by atoms with Crippen molar-refractivity contribution in [3.8, 4) is 5.82 Å². The molecule has 4 rings (SSSR count). The monoisotopic (exact) mass is 339 g/mol. The van der Waals surface area contributed by atoms with E-state index in [1.165, 1.54) is 5.69 Å². The van der Waals surface area contributed by atoms with Gasteiger partial charge in [0.15, 0.2) is 11.5 Å². The number of carbonyl (C=O) groups excluding carboxylic acids is 1. The summed E-state index contributed by atoms with van der Waals surface area (Å²) in [6.45, 7) is 5.44.